The number of rotatable bonds is 3. The third kappa shape index (κ3) is 2.19. The zero-order valence-corrected chi connectivity index (χ0v) is 10.7. The van der Waals surface area contributed by atoms with Gasteiger partial charge >= 0.3 is 0 Å². The van der Waals surface area contributed by atoms with Gasteiger partial charge in [0.1, 0.15) is 0 Å². The average Bonchev–Trinajstić information content (AvgIpc) is 2.76. The Morgan fingerprint density at radius 2 is 1.76 bits per heavy atom. The Hall–Kier alpha value is -1.75. The van der Waals surface area contributed by atoms with Gasteiger partial charge in [0.25, 0.3) is 0 Å². The number of thiazole rings is 1. The van der Waals surface area contributed by atoms with Crippen LogP contribution in [0.15, 0.2) is 17.5 Å². The molecule has 0 unspecified atom stereocenters. The summed E-state index contributed by atoms with van der Waals surface area (Å²) in [6.45, 7) is 1.95. The molecule has 0 saturated carbocycles. The zero-order valence-electron chi connectivity index (χ0n) is 9.85. The molecule has 0 aliphatic rings. The predicted molar refractivity (Wildman–Crippen MR) is 67.1 cm³/mol. The van der Waals surface area contributed by atoms with Gasteiger partial charge in [-0.15, -0.1) is 11.3 Å². The molecular formula is C12H13NO3S. The van der Waals surface area contributed by atoms with Crippen LogP contribution in [0, 0.1) is 6.92 Å². The lowest BCUT2D eigenvalue weighted by atomic mass is 10.1. The Bertz CT molecular complexity index is 511. The van der Waals surface area contributed by atoms with E-state index in [0.717, 1.165) is 16.3 Å². The molecule has 0 atom stereocenters. The van der Waals surface area contributed by atoms with Crippen LogP contribution in [0.5, 0.6) is 17.2 Å². The smallest absolute Gasteiger partial charge is 0.200 e. The molecule has 0 fully saturated rings. The summed E-state index contributed by atoms with van der Waals surface area (Å²) >= 11 is 1.58. The number of benzene rings is 1. The van der Waals surface area contributed by atoms with E-state index in [1.807, 2.05) is 12.3 Å². The fourth-order valence-electron chi connectivity index (χ4n) is 1.54. The van der Waals surface area contributed by atoms with Crippen molar-refractivity contribution in [3.63, 3.8) is 0 Å². The first-order valence-electron chi connectivity index (χ1n) is 5.03. The van der Waals surface area contributed by atoms with Crippen molar-refractivity contribution in [3.05, 3.63) is 22.5 Å². The van der Waals surface area contributed by atoms with E-state index in [9.17, 15) is 5.11 Å². The summed E-state index contributed by atoms with van der Waals surface area (Å²) in [5.74, 6) is 0.765. The molecule has 0 amide bonds. The van der Waals surface area contributed by atoms with E-state index < -0.39 is 0 Å². The summed E-state index contributed by atoms with van der Waals surface area (Å²) in [5, 5.41) is 12.7. The Kier molecular flexibility index (Phi) is 3.19. The monoisotopic (exact) mass is 251 g/mol. The highest BCUT2D eigenvalue weighted by Gasteiger charge is 2.13. The third-order valence-corrected chi connectivity index (χ3v) is 3.17. The lowest BCUT2D eigenvalue weighted by Crippen LogP contribution is -1.90. The van der Waals surface area contributed by atoms with Gasteiger partial charge in [-0.3, -0.25) is 0 Å². The van der Waals surface area contributed by atoms with E-state index in [1.165, 1.54) is 14.2 Å². The first-order chi connectivity index (χ1) is 8.15. The first-order valence-corrected chi connectivity index (χ1v) is 5.91. The minimum atomic E-state index is 0.00528. The number of hydrogen-bond acceptors (Lipinski definition) is 5. The summed E-state index contributed by atoms with van der Waals surface area (Å²) in [7, 11) is 3.01. The number of nitrogens with zero attached hydrogens (tertiary/aromatic N) is 1. The Labute approximate surface area is 103 Å². The van der Waals surface area contributed by atoms with E-state index in [4.69, 9.17) is 9.47 Å². The van der Waals surface area contributed by atoms with Crippen molar-refractivity contribution in [1.29, 1.82) is 0 Å². The van der Waals surface area contributed by atoms with Gasteiger partial charge in [-0.05, 0) is 19.1 Å². The summed E-state index contributed by atoms with van der Waals surface area (Å²) in [5.41, 5.74) is 1.71. The van der Waals surface area contributed by atoms with Crippen LogP contribution >= 0.6 is 11.3 Å². The maximum absolute atomic E-state index is 9.80. The van der Waals surface area contributed by atoms with Crippen LogP contribution in [-0.2, 0) is 0 Å². The molecule has 1 heterocycles. The SMILES string of the molecule is COc1cc(-c2csc(C)n2)cc(OC)c1O. The largest absolute Gasteiger partial charge is 0.502 e. The van der Waals surface area contributed by atoms with E-state index >= 15 is 0 Å². The highest BCUT2D eigenvalue weighted by molar-refractivity contribution is 7.09. The Morgan fingerprint density at radius 1 is 1.18 bits per heavy atom. The van der Waals surface area contributed by atoms with E-state index in [-0.39, 0.29) is 5.75 Å². The molecule has 0 spiro atoms. The second-order valence-corrected chi connectivity index (χ2v) is 4.54. The number of methoxy groups -OCH3 is 2. The van der Waals surface area contributed by atoms with Crippen molar-refractivity contribution in [2.24, 2.45) is 0 Å². The normalized spacial score (nSPS) is 10.3. The van der Waals surface area contributed by atoms with Gasteiger partial charge < -0.3 is 14.6 Å². The van der Waals surface area contributed by atoms with Crippen LogP contribution < -0.4 is 9.47 Å². The summed E-state index contributed by atoms with van der Waals surface area (Å²) in [4.78, 5) is 4.39. The number of ether oxygens (including phenoxy) is 2. The second kappa shape index (κ2) is 4.63. The maximum Gasteiger partial charge on any atom is 0.200 e. The van der Waals surface area contributed by atoms with Crippen LogP contribution in [0.2, 0.25) is 0 Å². The van der Waals surface area contributed by atoms with Gasteiger partial charge in [0, 0.05) is 10.9 Å². The predicted octanol–water partition coefficient (Wildman–Crippen LogP) is 2.84. The molecule has 0 radical (unpaired) electrons. The van der Waals surface area contributed by atoms with E-state index in [0.29, 0.717) is 11.5 Å². The molecule has 5 heteroatoms. The first kappa shape index (κ1) is 11.7. The van der Waals surface area contributed by atoms with Crippen molar-refractivity contribution in [1.82, 2.24) is 4.98 Å². The van der Waals surface area contributed by atoms with Crippen LogP contribution in [0.25, 0.3) is 11.3 Å². The number of aryl methyl sites for hydroxylation is 1. The van der Waals surface area contributed by atoms with Gasteiger partial charge in [-0.2, -0.15) is 0 Å². The highest BCUT2D eigenvalue weighted by atomic mass is 32.1. The van der Waals surface area contributed by atoms with Crippen LogP contribution in [0.1, 0.15) is 5.01 Å². The van der Waals surface area contributed by atoms with Crippen molar-refractivity contribution in [2.75, 3.05) is 14.2 Å². The molecule has 1 N–H and O–H groups in total. The molecule has 4 nitrogen and oxygen atoms in total. The second-order valence-electron chi connectivity index (χ2n) is 3.48. The fraction of sp³-hybridized carbons (Fsp3) is 0.250. The van der Waals surface area contributed by atoms with Crippen LogP contribution in [-0.4, -0.2) is 24.3 Å². The molecule has 0 aliphatic heterocycles. The van der Waals surface area contributed by atoms with Crippen molar-refractivity contribution < 1.29 is 14.6 Å². The van der Waals surface area contributed by atoms with E-state index in [2.05, 4.69) is 4.98 Å². The molecule has 0 saturated heterocycles. The van der Waals surface area contributed by atoms with Gasteiger partial charge in [-0.1, -0.05) is 0 Å². The highest BCUT2D eigenvalue weighted by Crippen LogP contribution is 2.40. The number of aromatic nitrogens is 1. The molecule has 0 bridgehead atoms. The molecule has 17 heavy (non-hydrogen) atoms. The van der Waals surface area contributed by atoms with Crippen LogP contribution in [0.3, 0.4) is 0 Å². The molecule has 1 aromatic carbocycles. The maximum atomic E-state index is 9.80. The minimum absolute atomic E-state index is 0.00528. The van der Waals surface area contributed by atoms with Crippen molar-refractivity contribution in [2.45, 2.75) is 6.92 Å². The van der Waals surface area contributed by atoms with Gasteiger partial charge in [-0.25, -0.2) is 4.98 Å². The lowest BCUT2D eigenvalue weighted by Gasteiger charge is -2.10. The molecule has 1 aromatic heterocycles. The number of aromatic hydroxyl groups is 1. The molecule has 90 valence electrons. The summed E-state index contributed by atoms with van der Waals surface area (Å²) < 4.78 is 10.2. The Morgan fingerprint density at radius 3 is 2.18 bits per heavy atom. The number of hydrogen-bond donors (Lipinski definition) is 1. The number of phenols is 1. The Balaban J connectivity index is 2.55. The summed E-state index contributed by atoms with van der Waals surface area (Å²) in [6.07, 6.45) is 0. The molecule has 2 rings (SSSR count). The lowest BCUT2D eigenvalue weighted by molar-refractivity contribution is 0.340. The molecule has 0 aliphatic carbocycles. The van der Waals surface area contributed by atoms with Crippen molar-refractivity contribution in [3.8, 4) is 28.5 Å². The van der Waals surface area contributed by atoms with Gasteiger partial charge in [0.2, 0.25) is 5.75 Å². The number of phenolic OH excluding ortho intramolecular Hbond substituents is 1. The zero-order chi connectivity index (χ0) is 12.4. The molecule has 2 aromatic rings. The van der Waals surface area contributed by atoms with Gasteiger partial charge in [0.05, 0.1) is 24.9 Å². The summed E-state index contributed by atoms with van der Waals surface area (Å²) in [6, 6.07) is 3.48. The molecular weight excluding hydrogens is 238 g/mol. The minimum Gasteiger partial charge on any atom is -0.502 e. The average molecular weight is 251 g/mol. The third-order valence-electron chi connectivity index (χ3n) is 2.39. The fourth-order valence-corrected chi connectivity index (χ4v) is 2.16. The standard InChI is InChI=1S/C12H13NO3S/c1-7-13-9(6-17-7)8-4-10(15-2)12(14)11(5-8)16-3/h4-6,14H,1-3H3. The van der Waals surface area contributed by atoms with E-state index in [1.54, 1.807) is 23.5 Å². The van der Waals surface area contributed by atoms with Crippen molar-refractivity contribution >= 4 is 11.3 Å². The van der Waals surface area contributed by atoms with Gasteiger partial charge in [0.15, 0.2) is 11.5 Å². The van der Waals surface area contributed by atoms with Crippen LogP contribution in [0.4, 0.5) is 0 Å². The quantitative estimate of drug-likeness (QED) is 0.911. The topological polar surface area (TPSA) is 51.6 Å².